The van der Waals surface area contributed by atoms with Gasteiger partial charge >= 0.3 is 5.97 Å². The second-order valence-corrected chi connectivity index (χ2v) is 2.77. The molecule has 0 spiro atoms. The lowest BCUT2D eigenvalue weighted by Crippen LogP contribution is -1.96. The molecular formula is C7H4N2O2S. The van der Waals surface area contributed by atoms with Crippen molar-refractivity contribution < 1.29 is 9.90 Å². The maximum atomic E-state index is 10.3. The van der Waals surface area contributed by atoms with Crippen molar-refractivity contribution in [2.24, 2.45) is 0 Å². The Hall–Kier alpha value is -1.67. The van der Waals surface area contributed by atoms with E-state index >= 15 is 0 Å². The van der Waals surface area contributed by atoms with Gasteiger partial charge in [0.2, 0.25) is 0 Å². The van der Waals surface area contributed by atoms with Gasteiger partial charge in [0, 0.05) is 11.6 Å². The molecular weight excluding hydrogens is 176 g/mol. The molecule has 1 heterocycles. The minimum atomic E-state index is -1.23. The average Bonchev–Trinajstić information content (AvgIpc) is 2.51. The van der Waals surface area contributed by atoms with Crippen LogP contribution in [-0.2, 0) is 4.79 Å². The summed E-state index contributed by atoms with van der Waals surface area (Å²) in [5.74, 6) is -1.23. The lowest BCUT2D eigenvalue weighted by Gasteiger charge is -1.85. The molecule has 1 aromatic rings. The summed E-state index contributed by atoms with van der Waals surface area (Å²) in [6, 6.07) is 1.57. The minimum Gasteiger partial charge on any atom is -0.477 e. The molecule has 0 aliphatic carbocycles. The van der Waals surface area contributed by atoms with E-state index in [4.69, 9.17) is 10.4 Å². The number of carboxylic acids is 1. The van der Waals surface area contributed by atoms with Gasteiger partial charge in [-0.05, 0) is 6.08 Å². The first-order chi connectivity index (χ1) is 5.74. The molecule has 0 bridgehead atoms. The maximum absolute atomic E-state index is 10.3. The van der Waals surface area contributed by atoms with E-state index in [9.17, 15) is 4.79 Å². The standard InChI is InChI=1S/C7H4N2O2S/c8-4-5(7(10)11)3-6-9-1-2-12-6/h1-3H,(H,10,11). The molecule has 1 N–H and O–H groups in total. The van der Waals surface area contributed by atoms with Crippen LogP contribution in [0.5, 0.6) is 0 Å². The summed E-state index contributed by atoms with van der Waals surface area (Å²) < 4.78 is 0. The van der Waals surface area contributed by atoms with Crippen LogP contribution in [0.2, 0.25) is 0 Å². The lowest BCUT2D eigenvalue weighted by atomic mass is 10.3. The molecule has 5 heteroatoms. The van der Waals surface area contributed by atoms with Gasteiger partial charge in [0.05, 0.1) is 0 Å². The Morgan fingerprint density at radius 3 is 3.00 bits per heavy atom. The maximum Gasteiger partial charge on any atom is 0.346 e. The van der Waals surface area contributed by atoms with Crippen LogP contribution in [0.25, 0.3) is 6.08 Å². The zero-order valence-electron chi connectivity index (χ0n) is 5.89. The summed E-state index contributed by atoms with van der Waals surface area (Å²) in [5, 5.41) is 19.1. The van der Waals surface area contributed by atoms with Gasteiger partial charge in [-0.15, -0.1) is 11.3 Å². The van der Waals surface area contributed by atoms with E-state index in [2.05, 4.69) is 4.98 Å². The summed E-state index contributed by atoms with van der Waals surface area (Å²) in [6.45, 7) is 0. The SMILES string of the molecule is N#CC(=Cc1nccs1)C(=O)O. The quantitative estimate of drug-likeness (QED) is 0.547. The fraction of sp³-hybridized carbons (Fsp3) is 0. The van der Waals surface area contributed by atoms with E-state index < -0.39 is 5.97 Å². The van der Waals surface area contributed by atoms with Gasteiger partial charge in [-0.25, -0.2) is 9.78 Å². The number of nitriles is 1. The first kappa shape index (κ1) is 8.43. The van der Waals surface area contributed by atoms with Crippen LogP contribution in [-0.4, -0.2) is 16.1 Å². The Bertz CT molecular complexity index is 348. The Morgan fingerprint density at radius 2 is 2.58 bits per heavy atom. The first-order valence-corrected chi connectivity index (χ1v) is 3.86. The number of thiazole rings is 1. The number of nitrogens with zero attached hydrogens (tertiary/aromatic N) is 2. The fourth-order valence-electron chi connectivity index (χ4n) is 0.571. The van der Waals surface area contributed by atoms with Crippen LogP contribution in [0.3, 0.4) is 0 Å². The van der Waals surface area contributed by atoms with Crippen LogP contribution < -0.4 is 0 Å². The Labute approximate surface area is 72.4 Å². The van der Waals surface area contributed by atoms with Crippen LogP contribution in [0, 0.1) is 11.3 Å². The zero-order valence-corrected chi connectivity index (χ0v) is 6.71. The predicted octanol–water partition coefficient (Wildman–Crippen LogP) is 1.13. The van der Waals surface area contributed by atoms with E-state index in [1.54, 1.807) is 17.6 Å². The molecule has 0 unspecified atom stereocenters. The Balaban J connectivity index is 2.95. The van der Waals surface area contributed by atoms with E-state index in [0.717, 1.165) is 0 Å². The highest BCUT2D eigenvalue weighted by atomic mass is 32.1. The third kappa shape index (κ3) is 1.90. The molecule has 0 amide bonds. The van der Waals surface area contributed by atoms with E-state index in [-0.39, 0.29) is 5.57 Å². The second kappa shape index (κ2) is 3.64. The topological polar surface area (TPSA) is 74.0 Å². The molecule has 4 nitrogen and oxygen atoms in total. The summed E-state index contributed by atoms with van der Waals surface area (Å²) in [4.78, 5) is 14.2. The van der Waals surface area contributed by atoms with Gasteiger partial charge in [-0.2, -0.15) is 5.26 Å². The molecule has 0 saturated carbocycles. The normalized spacial score (nSPS) is 10.8. The first-order valence-electron chi connectivity index (χ1n) is 2.98. The zero-order chi connectivity index (χ0) is 8.97. The van der Waals surface area contributed by atoms with Crippen molar-refractivity contribution in [2.45, 2.75) is 0 Å². The third-order valence-electron chi connectivity index (χ3n) is 1.07. The van der Waals surface area contributed by atoms with E-state index in [1.165, 1.54) is 17.4 Å². The lowest BCUT2D eigenvalue weighted by molar-refractivity contribution is -0.132. The van der Waals surface area contributed by atoms with Gasteiger partial charge in [0.15, 0.2) is 0 Å². The smallest absolute Gasteiger partial charge is 0.346 e. The van der Waals surface area contributed by atoms with E-state index in [1.807, 2.05) is 0 Å². The molecule has 0 aliphatic rings. The summed E-state index contributed by atoms with van der Waals surface area (Å²) in [5.41, 5.74) is -0.301. The van der Waals surface area contributed by atoms with Gasteiger partial charge in [0.1, 0.15) is 16.6 Å². The highest BCUT2D eigenvalue weighted by Gasteiger charge is 2.05. The van der Waals surface area contributed by atoms with Crippen molar-refractivity contribution in [3.63, 3.8) is 0 Å². The van der Waals surface area contributed by atoms with Crippen LogP contribution in [0.4, 0.5) is 0 Å². The molecule has 60 valence electrons. The molecule has 1 rings (SSSR count). The molecule has 0 saturated heterocycles. The highest BCUT2D eigenvalue weighted by molar-refractivity contribution is 7.10. The fourth-order valence-corrected chi connectivity index (χ4v) is 1.14. The molecule has 0 radical (unpaired) electrons. The minimum absolute atomic E-state index is 0.301. The highest BCUT2D eigenvalue weighted by Crippen LogP contribution is 2.09. The molecule has 1 aromatic heterocycles. The van der Waals surface area contributed by atoms with Crippen molar-refractivity contribution in [3.05, 3.63) is 22.2 Å². The van der Waals surface area contributed by atoms with Crippen molar-refractivity contribution in [2.75, 3.05) is 0 Å². The van der Waals surface area contributed by atoms with Crippen LogP contribution in [0.1, 0.15) is 5.01 Å². The average molecular weight is 180 g/mol. The van der Waals surface area contributed by atoms with Gasteiger partial charge in [-0.1, -0.05) is 0 Å². The number of hydrogen-bond acceptors (Lipinski definition) is 4. The van der Waals surface area contributed by atoms with Crippen molar-refractivity contribution >= 4 is 23.4 Å². The molecule has 0 aromatic carbocycles. The molecule has 0 fully saturated rings. The number of aromatic nitrogens is 1. The van der Waals surface area contributed by atoms with Crippen molar-refractivity contribution in [3.8, 4) is 6.07 Å². The Kier molecular flexibility index (Phi) is 2.56. The predicted molar refractivity (Wildman–Crippen MR) is 43.3 cm³/mol. The van der Waals surface area contributed by atoms with Crippen molar-refractivity contribution in [1.29, 1.82) is 5.26 Å². The number of hydrogen-bond donors (Lipinski definition) is 1. The monoisotopic (exact) mass is 180 g/mol. The third-order valence-corrected chi connectivity index (χ3v) is 1.79. The van der Waals surface area contributed by atoms with Gasteiger partial charge in [-0.3, -0.25) is 0 Å². The summed E-state index contributed by atoms with van der Waals surface area (Å²) in [6.07, 6.45) is 2.79. The number of rotatable bonds is 2. The number of aliphatic carboxylic acids is 1. The molecule has 0 atom stereocenters. The summed E-state index contributed by atoms with van der Waals surface area (Å²) >= 11 is 1.28. The molecule has 0 aliphatic heterocycles. The van der Waals surface area contributed by atoms with Gasteiger partial charge in [0.25, 0.3) is 0 Å². The summed E-state index contributed by atoms with van der Waals surface area (Å²) in [7, 11) is 0. The van der Waals surface area contributed by atoms with Crippen molar-refractivity contribution in [1.82, 2.24) is 4.98 Å². The second-order valence-electron chi connectivity index (χ2n) is 1.85. The molecule has 12 heavy (non-hydrogen) atoms. The van der Waals surface area contributed by atoms with E-state index in [0.29, 0.717) is 5.01 Å². The van der Waals surface area contributed by atoms with Crippen LogP contribution >= 0.6 is 11.3 Å². The Morgan fingerprint density at radius 1 is 1.83 bits per heavy atom. The largest absolute Gasteiger partial charge is 0.477 e. The van der Waals surface area contributed by atoms with Crippen LogP contribution in [0.15, 0.2) is 17.2 Å². The number of carboxylic acid groups (broad SMARTS) is 1. The number of carbonyl (C=O) groups is 1. The van der Waals surface area contributed by atoms with Gasteiger partial charge < -0.3 is 5.11 Å².